The highest BCUT2D eigenvalue weighted by molar-refractivity contribution is 7.92. The van der Waals surface area contributed by atoms with Crippen molar-refractivity contribution in [2.75, 3.05) is 32.2 Å². The first-order valence-corrected chi connectivity index (χ1v) is 11.6. The molecule has 0 bridgehead atoms. The average Bonchev–Trinajstić information content (AvgIpc) is 2.87. The minimum absolute atomic E-state index is 0.00751. The van der Waals surface area contributed by atoms with Gasteiger partial charge >= 0.3 is 0 Å². The van der Waals surface area contributed by atoms with Crippen molar-refractivity contribution in [1.29, 1.82) is 0 Å². The number of hydrazone groups is 1. The van der Waals surface area contributed by atoms with Crippen LogP contribution >= 0.6 is 0 Å². The van der Waals surface area contributed by atoms with Crippen molar-refractivity contribution in [2.45, 2.75) is 4.90 Å². The predicted molar refractivity (Wildman–Crippen MR) is 129 cm³/mol. The minimum atomic E-state index is -4.12. The molecule has 0 aliphatic rings. The highest BCUT2D eigenvalue weighted by Gasteiger charge is 2.29. The van der Waals surface area contributed by atoms with E-state index in [0.29, 0.717) is 22.8 Å². The van der Waals surface area contributed by atoms with E-state index in [2.05, 4.69) is 10.5 Å². The van der Waals surface area contributed by atoms with E-state index in [1.807, 2.05) is 0 Å². The number of nitrogens with zero attached hydrogens (tertiary/aromatic N) is 2. The number of sulfonamides is 1. The number of ether oxygens (including phenoxy) is 3. The Bertz CT molecular complexity index is 1260. The van der Waals surface area contributed by atoms with Gasteiger partial charge in [0.2, 0.25) is 0 Å². The van der Waals surface area contributed by atoms with Crippen molar-refractivity contribution < 1.29 is 27.4 Å². The Kier molecular flexibility index (Phi) is 8.10. The van der Waals surface area contributed by atoms with E-state index >= 15 is 0 Å². The molecule has 0 unspecified atom stereocenters. The van der Waals surface area contributed by atoms with Crippen molar-refractivity contribution in [3.63, 3.8) is 0 Å². The van der Waals surface area contributed by atoms with Crippen LogP contribution in [0.1, 0.15) is 5.56 Å². The first-order valence-electron chi connectivity index (χ1n) is 10.1. The monoisotopic (exact) mass is 483 g/mol. The Morgan fingerprint density at radius 2 is 1.62 bits per heavy atom. The van der Waals surface area contributed by atoms with Gasteiger partial charge in [0, 0.05) is 0 Å². The molecule has 0 spiro atoms. The molecule has 0 aromatic heterocycles. The van der Waals surface area contributed by atoms with Crippen molar-refractivity contribution in [2.24, 2.45) is 5.10 Å². The van der Waals surface area contributed by atoms with Gasteiger partial charge in [-0.05, 0) is 54.1 Å². The summed E-state index contributed by atoms with van der Waals surface area (Å²) in [5.74, 6) is 0.810. The largest absolute Gasteiger partial charge is 0.497 e. The normalized spacial score (nSPS) is 11.1. The molecule has 10 heteroatoms. The van der Waals surface area contributed by atoms with Gasteiger partial charge in [0.25, 0.3) is 15.9 Å². The summed E-state index contributed by atoms with van der Waals surface area (Å²) in [6, 6.07) is 19.5. The molecule has 34 heavy (non-hydrogen) atoms. The van der Waals surface area contributed by atoms with Gasteiger partial charge in [-0.1, -0.05) is 24.3 Å². The number of hydrogen-bond donors (Lipinski definition) is 1. The van der Waals surface area contributed by atoms with Gasteiger partial charge in [-0.25, -0.2) is 13.8 Å². The summed E-state index contributed by atoms with van der Waals surface area (Å²) in [5, 5.41) is 3.93. The number of methoxy groups -OCH3 is 3. The Balaban J connectivity index is 1.87. The smallest absolute Gasteiger partial charge is 0.264 e. The van der Waals surface area contributed by atoms with E-state index in [1.54, 1.807) is 55.6 Å². The predicted octanol–water partition coefficient (Wildman–Crippen LogP) is 3.06. The lowest BCUT2D eigenvalue weighted by molar-refractivity contribution is -0.119. The van der Waals surface area contributed by atoms with Crippen LogP contribution in [0.4, 0.5) is 5.69 Å². The molecule has 3 rings (SSSR count). The number of para-hydroxylation sites is 2. The van der Waals surface area contributed by atoms with Gasteiger partial charge in [0.05, 0.1) is 38.1 Å². The zero-order valence-corrected chi connectivity index (χ0v) is 19.8. The second-order valence-corrected chi connectivity index (χ2v) is 8.79. The quantitative estimate of drug-likeness (QED) is 0.351. The SMILES string of the molecule is COc1ccc(S(=O)(=O)N(CC(=O)N/N=C\c2cccc(OC)c2)c2ccccc2OC)cc1. The number of benzene rings is 3. The van der Waals surface area contributed by atoms with Gasteiger partial charge in [-0.15, -0.1) is 0 Å². The summed E-state index contributed by atoms with van der Waals surface area (Å²) < 4.78 is 43.6. The molecule has 0 aliphatic heterocycles. The summed E-state index contributed by atoms with van der Waals surface area (Å²) in [6.45, 7) is -0.524. The molecule has 0 fully saturated rings. The highest BCUT2D eigenvalue weighted by Crippen LogP contribution is 2.32. The highest BCUT2D eigenvalue weighted by atomic mass is 32.2. The molecule has 3 aromatic carbocycles. The average molecular weight is 484 g/mol. The van der Waals surface area contributed by atoms with E-state index in [9.17, 15) is 13.2 Å². The molecule has 3 aromatic rings. The van der Waals surface area contributed by atoms with E-state index < -0.39 is 22.5 Å². The van der Waals surface area contributed by atoms with Crippen LogP contribution in [0.5, 0.6) is 17.2 Å². The van der Waals surface area contributed by atoms with Crippen LogP contribution in [0.25, 0.3) is 0 Å². The van der Waals surface area contributed by atoms with Crippen molar-refractivity contribution >= 4 is 27.8 Å². The molecular formula is C24H25N3O6S. The fourth-order valence-corrected chi connectivity index (χ4v) is 4.51. The zero-order valence-electron chi connectivity index (χ0n) is 19.0. The fourth-order valence-electron chi connectivity index (χ4n) is 3.08. The summed E-state index contributed by atoms with van der Waals surface area (Å²) in [6.07, 6.45) is 1.44. The van der Waals surface area contributed by atoms with E-state index in [4.69, 9.17) is 14.2 Å². The third-order valence-corrected chi connectivity index (χ3v) is 6.56. The standard InChI is InChI=1S/C24H25N3O6S/c1-31-19-11-13-21(14-12-19)34(29,30)27(22-9-4-5-10-23(22)33-3)17-24(28)26-25-16-18-7-6-8-20(15-18)32-2/h4-16H,17H2,1-3H3,(H,26,28)/b25-16-. The van der Waals surface area contributed by atoms with Crippen LogP contribution in [0.3, 0.4) is 0 Å². The van der Waals surface area contributed by atoms with Crippen LogP contribution in [-0.4, -0.2) is 48.4 Å². The molecule has 178 valence electrons. The third kappa shape index (κ3) is 5.84. The van der Waals surface area contributed by atoms with Crippen LogP contribution in [-0.2, 0) is 14.8 Å². The minimum Gasteiger partial charge on any atom is -0.497 e. The van der Waals surface area contributed by atoms with Crippen molar-refractivity contribution in [3.8, 4) is 17.2 Å². The Hall–Kier alpha value is -4.05. The van der Waals surface area contributed by atoms with E-state index in [1.165, 1.54) is 44.7 Å². The van der Waals surface area contributed by atoms with Crippen molar-refractivity contribution in [1.82, 2.24) is 5.43 Å². The second kappa shape index (κ2) is 11.2. The Morgan fingerprint density at radius 3 is 2.29 bits per heavy atom. The summed E-state index contributed by atoms with van der Waals surface area (Å²) in [4.78, 5) is 12.7. The molecule has 1 N–H and O–H groups in total. The maximum Gasteiger partial charge on any atom is 0.264 e. The van der Waals surface area contributed by atoms with Gasteiger partial charge < -0.3 is 14.2 Å². The fraction of sp³-hybridized carbons (Fsp3) is 0.167. The van der Waals surface area contributed by atoms with Crippen LogP contribution in [0.2, 0.25) is 0 Å². The van der Waals surface area contributed by atoms with Gasteiger partial charge in [-0.2, -0.15) is 5.10 Å². The van der Waals surface area contributed by atoms with Gasteiger partial charge in [-0.3, -0.25) is 9.10 Å². The summed E-state index contributed by atoms with van der Waals surface area (Å²) >= 11 is 0. The lowest BCUT2D eigenvalue weighted by Gasteiger charge is -2.25. The summed E-state index contributed by atoms with van der Waals surface area (Å²) in [7, 11) is 0.338. The molecule has 0 radical (unpaired) electrons. The van der Waals surface area contributed by atoms with Crippen LogP contribution in [0.15, 0.2) is 82.8 Å². The first-order chi connectivity index (χ1) is 16.4. The first kappa shape index (κ1) is 24.6. The maximum atomic E-state index is 13.5. The number of anilines is 1. The number of carbonyl (C=O) groups excluding carboxylic acids is 1. The third-order valence-electron chi connectivity index (χ3n) is 4.79. The zero-order chi connectivity index (χ0) is 24.6. The lowest BCUT2D eigenvalue weighted by atomic mass is 10.2. The lowest BCUT2D eigenvalue weighted by Crippen LogP contribution is -2.39. The second-order valence-electron chi connectivity index (χ2n) is 6.93. The van der Waals surface area contributed by atoms with Gasteiger partial charge in [0.1, 0.15) is 23.8 Å². The molecule has 0 saturated carbocycles. The topological polar surface area (TPSA) is 107 Å². The maximum absolute atomic E-state index is 13.5. The van der Waals surface area contributed by atoms with Crippen LogP contribution < -0.4 is 23.9 Å². The Morgan fingerprint density at radius 1 is 0.912 bits per heavy atom. The van der Waals surface area contributed by atoms with E-state index in [0.717, 1.165) is 4.31 Å². The Labute approximate surface area is 198 Å². The number of amides is 1. The molecular weight excluding hydrogens is 458 g/mol. The van der Waals surface area contributed by atoms with Crippen molar-refractivity contribution in [3.05, 3.63) is 78.4 Å². The summed E-state index contributed by atoms with van der Waals surface area (Å²) in [5.41, 5.74) is 3.29. The molecule has 0 aliphatic carbocycles. The number of rotatable bonds is 10. The molecule has 0 atom stereocenters. The number of nitrogens with one attached hydrogen (secondary N) is 1. The van der Waals surface area contributed by atoms with E-state index in [-0.39, 0.29) is 10.6 Å². The number of hydrogen-bond acceptors (Lipinski definition) is 7. The molecule has 0 saturated heterocycles. The molecule has 1 amide bonds. The van der Waals surface area contributed by atoms with Gasteiger partial charge in [0.15, 0.2) is 0 Å². The van der Waals surface area contributed by atoms with Crippen LogP contribution in [0, 0.1) is 0 Å². The number of carbonyl (C=O) groups is 1. The molecule has 9 nitrogen and oxygen atoms in total. The molecule has 0 heterocycles.